The molecule has 0 spiro atoms. The van der Waals surface area contributed by atoms with Gasteiger partial charge in [0, 0.05) is 6.54 Å². The lowest BCUT2D eigenvalue weighted by Crippen LogP contribution is -2.33. The zero-order valence-electron chi connectivity index (χ0n) is 11.2. The summed E-state index contributed by atoms with van der Waals surface area (Å²) in [5.41, 5.74) is 1.01. The molecule has 1 aromatic carbocycles. The SMILES string of the molecule is O=C(NCCC1CCCNC1)OCc1ccccc1. The second-order valence-corrected chi connectivity index (χ2v) is 4.99. The van der Waals surface area contributed by atoms with Crippen LogP contribution in [-0.2, 0) is 11.3 Å². The number of hydrogen-bond donors (Lipinski definition) is 2. The molecule has 1 aliphatic rings. The molecule has 0 saturated carbocycles. The quantitative estimate of drug-likeness (QED) is 0.856. The third-order valence-corrected chi connectivity index (χ3v) is 3.43. The molecule has 0 bridgehead atoms. The highest BCUT2D eigenvalue weighted by Gasteiger charge is 2.12. The van der Waals surface area contributed by atoms with E-state index in [9.17, 15) is 4.79 Å². The van der Waals surface area contributed by atoms with Gasteiger partial charge in [0.2, 0.25) is 0 Å². The van der Waals surface area contributed by atoms with E-state index in [1.54, 1.807) is 0 Å². The molecule has 2 N–H and O–H groups in total. The summed E-state index contributed by atoms with van der Waals surface area (Å²) in [4.78, 5) is 11.5. The lowest BCUT2D eigenvalue weighted by atomic mass is 9.96. The Hall–Kier alpha value is -1.55. The number of ether oxygens (including phenoxy) is 1. The molecule has 4 nitrogen and oxygen atoms in total. The normalized spacial score (nSPS) is 18.8. The Labute approximate surface area is 114 Å². The molecular weight excluding hydrogens is 240 g/mol. The molecule has 0 aliphatic carbocycles. The predicted molar refractivity (Wildman–Crippen MR) is 74.8 cm³/mol. The van der Waals surface area contributed by atoms with Gasteiger partial charge in [-0.05, 0) is 43.8 Å². The van der Waals surface area contributed by atoms with Crippen LogP contribution in [0.4, 0.5) is 4.79 Å². The van der Waals surface area contributed by atoms with Gasteiger partial charge in [-0.15, -0.1) is 0 Å². The maximum absolute atomic E-state index is 11.5. The zero-order valence-corrected chi connectivity index (χ0v) is 11.2. The maximum Gasteiger partial charge on any atom is 0.407 e. The first-order valence-corrected chi connectivity index (χ1v) is 7.00. The molecule has 4 heteroatoms. The van der Waals surface area contributed by atoms with Crippen LogP contribution >= 0.6 is 0 Å². The Kier molecular flexibility index (Phi) is 5.69. The molecule has 2 rings (SSSR count). The Balaban J connectivity index is 1.57. The molecule has 1 atom stereocenters. The fourth-order valence-corrected chi connectivity index (χ4v) is 2.32. The smallest absolute Gasteiger partial charge is 0.407 e. The summed E-state index contributed by atoms with van der Waals surface area (Å²) in [6.07, 6.45) is 3.19. The van der Waals surface area contributed by atoms with Crippen molar-refractivity contribution in [3.05, 3.63) is 35.9 Å². The van der Waals surface area contributed by atoms with Crippen molar-refractivity contribution in [3.63, 3.8) is 0 Å². The number of hydrogen-bond acceptors (Lipinski definition) is 3. The Morgan fingerprint density at radius 3 is 2.95 bits per heavy atom. The summed E-state index contributed by atoms with van der Waals surface area (Å²) in [6.45, 7) is 3.22. The first kappa shape index (κ1) is 13.9. The number of rotatable bonds is 5. The van der Waals surface area contributed by atoms with Crippen LogP contribution in [0.15, 0.2) is 30.3 Å². The molecule has 1 amide bonds. The van der Waals surface area contributed by atoms with E-state index in [-0.39, 0.29) is 6.09 Å². The largest absolute Gasteiger partial charge is 0.445 e. The van der Waals surface area contributed by atoms with Gasteiger partial charge in [-0.1, -0.05) is 30.3 Å². The first-order valence-electron chi connectivity index (χ1n) is 7.00. The van der Waals surface area contributed by atoms with Crippen molar-refractivity contribution >= 4 is 6.09 Å². The van der Waals surface area contributed by atoms with Crippen molar-refractivity contribution in [3.8, 4) is 0 Å². The highest BCUT2D eigenvalue weighted by Crippen LogP contribution is 2.12. The van der Waals surface area contributed by atoms with Gasteiger partial charge in [-0.2, -0.15) is 0 Å². The molecule has 104 valence electrons. The van der Waals surface area contributed by atoms with Gasteiger partial charge in [0.05, 0.1) is 0 Å². The monoisotopic (exact) mass is 262 g/mol. The van der Waals surface area contributed by atoms with Crippen LogP contribution in [0.25, 0.3) is 0 Å². The number of carbonyl (C=O) groups excluding carboxylic acids is 1. The maximum atomic E-state index is 11.5. The van der Waals surface area contributed by atoms with Gasteiger partial charge < -0.3 is 15.4 Å². The van der Waals surface area contributed by atoms with Crippen LogP contribution in [-0.4, -0.2) is 25.7 Å². The highest BCUT2D eigenvalue weighted by atomic mass is 16.5. The number of alkyl carbamates (subject to hydrolysis) is 1. The van der Waals surface area contributed by atoms with Crippen molar-refractivity contribution in [2.75, 3.05) is 19.6 Å². The minimum absolute atomic E-state index is 0.326. The van der Waals surface area contributed by atoms with E-state index >= 15 is 0 Å². The molecule has 1 saturated heterocycles. The Bertz CT molecular complexity index is 375. The van der Waals surface area contributed by atoms with Crippen LogP contribution in [0, 0.1) is 5.92 Å². The molecular formula is C15H22N2O2. The van der Waals surface area contributed by atoms with Crippen LogP contribution in [0.2, 0.25) is 0 Å². The predicted octanol–water partition coefficient (Wildman–Crippen LogP) is 2.30. The standard InChI is InChI=1S/C15H22N2O2/c18-15(19-12-14-5-2-1-3-6-14)17-10-8-13-7-4-9-16-11-13/h1-3,5-6,13,16H,4,7-12H2,(H,17,18). The second-order valence-electron chi connectivity index (χ2n) is 4.99. The van der Waals surface area contributed by atoms with E-state index in [0.29, 0.717) is 19.1 Å². The van der Waals surface area contributed by atoms with Crippen molar-refractivity contribution in [1.29, 1.82) is 0 Å². The molecule has 0 radical (unpaired) electrons. The lowest BCUT2D eigenvalue weighted by Gasteiger charge is -2.22. The van der Waals surface area contributed by atoms with E-state index in [1.807, 2.05) is 30.3 Å². The molecule has 0 aromatic heterocycles. The van der Waals surface area contributed by atoms with Crippen LogP contribution < -0.4 is 10.6 Å². The average molecular weight is 262 g/mol. The molecule has 19 heavy (non-hydrogen) atoms. The third-order valence-electron chi connectivity index (χ3n) is 3.43. The molecule has 1 aromatic rings. The van der Waals surface area contributed by atoms with E-state index in [0.717, 1.165) is 25.1 Å². The summed E-state index contributed by atoms with van der Waals surface area (Å²) >= 11 is 0. The van der Waals surface area contributed by atoms with Gasteiger partial charge in [0.1, 0.15) is 6.61 Å². The minimum atomic E-state index is -0.326. The Morgan fingerprint density at radius 2 is 2.21 bits per heavy atom. The van der Waals surface area contributed by atoms with Crippen molar-refractivity contribution < 1.29 is 9.53 Å². The lowest BCUT2D eigenvalue weighted by molar-refractivity contribution is 0.139. The third kappa shape index (κ3) is 5.30. The van der Waals surface area contributed by atoms with E-state index in [1.165, 1.54) is 12.8 Å². The summed E-state index contributed by atoms with van der Waals surface area (Å²) < 4.78 is 5.15. The topological polar surface area (TPSA) is 50.4 Å². The number of nitrogens with one attached hydrogen (secondary N) is 2. The van der Waals surface area contributed by atoms with Crippen molar-refractivity contribution in [2.24, 2.45) is 5.92 Å². The van der Waals surface area contributed by atoms with E-state index in [2.05, 4.69) is 10.6 Å². The van der Waals surface area contributed by atoms with Gasteiger partial charge in [0.25, 0.3) is 0 Å². The number of carbonyl (C=O) groups is 1. The summed E-state index contributed by atoms with van der Waals surface area (Å²) in [6, 6.07) is 9.71. The zero-order chi connectivity index (χ0) is 13.3. The fraction of sp³-hybridized carbons (Fsp3) is 0.533. The van der Waals surface area contributed by atoms with Gasteiger partial charge in [-0.25, -0.2) is 4.79 Å². The van der Waals surface area contributed by atoms with Crippen LogP contribution in [0.1, 0.15) is 24.8 Å². The first-order chi connectivity index (χ1) is 9.34. The van der Waals surface area contributed by atoms with Gasteiger partial charge in [0.15, 0.2) is 0 Å². The van der Waals surface area contributed by atoms with Crippen molar-refractivity contribution in [2.45, 2.75) is 25.9 Å². The number of amides is 1. The second kappa shape index (κ2) is 7.79. The molecule has 1 fully saturated rings. The molecule has 1 heterocycles. The van der Waals surface area contributed by atoms with E-state index < -0.39 is 0 Å². The summed E-state index contributed by atoms with van der Waals surface area (Å²) in [5, 5.41) is 6.19. The minimum Gasteiger partial charge on any atom is -0.445 e. The van der Waals surface area contributed by atoms with Crippen molar-refractivity contribution in [1.82, 2.24) is 10.6 Å². The van der Waals surface area contributed by atoms with Gasteiger partial charge >= 0.3 is 6.09 Å². The fourth-order valence-electron chi connectivity index (χ4n) is 2.32. The highest BCUT2D eigenvalue weighted by molar-refractivity contribution is 5.67. The number of benzene rings is 1. The van der Waals surface area contributed by atoms with E-state index in [4.69, 9.17) is 4.74 Å². The number of piperidine rings is 1. The summed E-state index contributed by atoms with van der Waals surface area (Å²) in [5.74, 6) is 0.683. The summed E-state index contributed by atoms with van der Waals surface area (Å²) in [7, 11) is 0. The van der Waals surface area contributed by atoms with Crippen LogP contribution in [0.3, 0.4) is 0 Å². The Morgan fingerprint density at radius 1 is 1.37 bits per heavy atom. The average Bonchev–Trinajstić information content (AvgIpc) is 2.47. The van der Waals surface area contributed by atoms with Gasteiger partial charge in [-0.3, -0.25) is 0 Å². The molecule has 1 unspecified atom stereocenters. The van der Waals surface area contributed by atoms with Crippen LogP contribution in [0.5, 0.6) is 0 Å². The molecule has 1 aliphatic heterocycles.